The van der Waals surface area contributed by atoms with Crippen LogP contribution in [-0.2, 0) is 0 Å². The van der Waals surface area contributed by atoms with Crippen molar-refractivity contribution >= 4 is 44.1 Å². The topological polar surface area (TPSA) is 24.9 Å². The highest BCUT2D eigenvalue weighted by Crippen LogP contribution is 2.35. The van der Waals surface area contributed by atoms with E-state index in [-0.39, 0.29) is 0 Å². The maximum atomic E-state index is 6.27. The molecule has 2 rings (SSSR count). The molecule has 2 nitrogen and oxygen atoms in total. The molecule has 0 saturated heterocycles. The Hall–Kier alpha value is -0.800. The molecule has 2 aromatic rings. The summed E-state index contributed by atoms with van der Waals surface area (Å²) >= 11 is 9.84. The Morgan fingerprint density at radius 1 is 1.39 bits per heavy atom. The number of nitrogens with one attached hydrogen (secondary N) is 1. The van der Waals surface area contributed by atoms with Crippen LogP contribution in [-0.4, -0.2) is 11.5 Å². The van der Waals surface area contributed by atoms with Gasteiger partial charge in [0.1, 0.15) is 0 Å². The summed E-state index contributed by atoms with van der Waals surface area (Å²) in [6.07, 6.45) is 0. The monoisotopic (exact) mass is 326 g/mol. The first-order valence-corrected chi connectivity index (χ1v) is 7.24. The van der Waals surface area contributed by atoms with Crippen LogP contribution in [0.2, 0.25) is 5.02 Å². The van der Waals surface area contributed by atoms with Crippen LogP contribution >= 0.6 is 27.5 Å². The molecule has 1 aromatic heterocycles. The van der Waals surface area contributed by atoms with Gasteiger partial charge in [-0.25, -0.2) is 0 Å². The molecule has 0 saturated carbocycles. The van der Waals surface area contributed by atoms with E-state index in [1.165, 1.54) is 0 Å². The smallest absolute Gasteiger partial charge is 0.0923 e. The molecule has 1 N–H and O–H groups in total. The van der Waals surface area contributed by atoms with Crippen molar-refractivity contribution in [3.8, 4) is 0 Å². The van der Waals surface area contributed by atoms with Gasteiger partial charge in [-0.3, -0.25) is 4.98 Å². The fourth-order valence-electron chi connectivity index (χ4n) is 1.91. The van der Waals surface area contributed by atoms with Crippen molar-refractivity contribution < 1.29 is 0 Å². The van der Waals surface area contributed by atoms with E-state index in [1.807, 2.05) is 12.1 Å². The van der Waals surface area contributed by atoms with Crippen molar-refractivity contribution in [3.05, 3.63) is 33.4 Å². The summed E-state index contributed by atoms with van der Waals surface area (Å²) in [7, 11) is 0. The lowest BCUT2D eigenvalue weighted by atomic mass is 10.1. The van der Waals surface area contributed by atoms with Crippen molar-refractivity contribution in [2.45, 2.75) is 26.7 Å². The average molecular weight is 328 g/mol. The van der Waals surface area contributed by atoms with Gasteiger partial charge in [0.05, 0.1) is 10.5 Å². The van der Waals surface area contributed by atoms with Crippen molar-refractivity contribution in [3.63, 3.8) is 0 Å². The van der Waals surface area contributed by atoms with Crippen LogP contribution in [0.25, 0.3) is 10.9 Å². The number of aromatic nitrogens is 1. The van der Waals surface area contributed by atoms with E-state index in [9.17, 15) is 0 Å². The first-order chi connectivity index (χ1) is 8.54. The molecule has 1 aromatic carbocycles. The molecular weight excluding hydrogens is 312 g/mol. The first kappa shape index (κ1) is 13.6. The molecule has 1 heterocycles. The third-order valence-corrected chi connectivity index (χ3v) is 3.80. The summed E-state index contributed by atoms with van der Waals surface area (Å²) < 4.78 is 1.01. The van der Waals surface area contributed by atoms with Gasteiger partial charge in [0, 0.05) is 27.8 Å². The maximum absolute atomic E-state index is 6.27. The molecule has 0 atom stereocenters. The molecule has 0 unspecified atom stereocenters. The minimum Gasteiger partial charge on any atom is -0.385 e. The Morgan fingerprint density at radius 3 is 2.72 bits per heavy atom. The van der Waals surface area contributed by atoms with Crippen molar-refractivity contribution in [2.24, 2.45) is 0 Å². The van der Waals surface area contributed by atoms with Crippen molar-refractivity contribution in [1.82, 2.24) is 4.98 Å². The van der Waals surface area contributed by atoms with Crippen LogP contribution in [0.5, 0.6) is 0 Å². The molecule has 18 heavy (non-hydrogen) atoms. The Balaban J connectivity index is 2.80. The third-order valence-electron chi connectivity index (χ3n) is 2.84. The van der Waals surface area contributed by atoms with Gasteiger partial charge in [-0.2, -0.15) is 0 Å². The van der Waals surface area contributed by atoms with Gasteiger partial charge in [-0.1, -0.05) is 41.4 Å². The standard InChI is InChI=1S/C14H16BrClN2/c1-4-17-12-7-11(8(2)3)18-14-10(16)6-5-9(15)13(12)14/h5-8H,4H2,1-3H3,(H,17,18). The van der Waals surface area contributed by atoms with Crippen LogP contribution in [0.4, 0.5) is 5.69 Å². The number of hydrogen-bond donors (Lipinski definition) is 1. The molecule has 0 spiro atoms. The molecule has 96 valence electrons. The molecule has 4 heteroatoms. The number of anilines is 1. The summed E-state index contributed by atoms with van der Waals surface area (Å²) in [5.74, 6) is 0.377. The molecule has 0 bridgehead atoms. The number of hydrogen-bond acceptors (Lipinski definition) is 2. The Kier molecular flexibility index (Phi) is 4.13. The van der Waals surface area contributed by atoms with E-state index in [0.29, 0.717) is 10.9 Å². The van der Waals surface area contributed by atoms with Crippen LogP contribution in [0.3, 0.4) is 0 Å². The summed E-state index contributed by atoms with van der Waals surface area (Å²) in [5.41, 5.74) is 2.99. The minimum atomic E-state index is 0.377. The van der Waals surface area contributed by atoms with E-state index in [4.69, 9.17) is 11.6 Å². The van der Waals surface area contributed by atoms with E-state index < -0.39 is 0 Å². The Morgan fingerprint density at radius 2 is 2.11 bits per heavy atom. The summed E-state index contributed by atoms with van der Waals surface area (Å²) in [4.78, 5) is 4.68. The number of fused-ring (bicyclic) bond motifs is 1. The predicted octanol–water partition coefficient (Wildman–Crippen LogP) is 5.21. The Bertz CT molecular complexity index is 582. The third kappa shape index (κ3) is 2.47. The van der Waals surface area contributed by atoms with Gasteiger partial charge >= 0.3 is 0 Å². The van der Waals surface area contributed by atoms with Crippen molar-refractivity contribution in [2.75, 3.05) is 11.9 Å². The molecule has 0 aliphatic heterocycles. The highest BCUT2D eigenvalue weighted by Gasteiger charge is 2.13. The lowest BCUT2D eigenvalue weighted by molar-refractivity contribution is 0.830. The van der Waals surface area contributed by atoms with E-state index >= 15 is 0 Å². The highest BCUT2D eigenvalue weighted by molar-refractivity contribution is 9.10. The van der Waals surface area contributed by atoms with Crippen LogP contribution < -0.4 is 5.32 Å². The van der Waals surface area contributed by atoms with Gasteiger partial charge in [0.15, 0.2) is 0 Å². The average Bonchev–Trinajstić information content (AvgIpc) is 2.33. The Labute approximate surface area is 121 Å². The van der Waals surface area contributed by atoms with Crippen LogP contribution in [0.1, 0.15) is 32.4 Å². The van der Waals surface area contributed by atoms with Crippen molar-refractivity contribution in [1.29, 1.82) is 0 Å². The first-order valence-electron chi connectivity index (χ1n) is 6.07. The fourth-order valence-corrected chi connectivity index (χ4v) is 2.65. The lowest BCUT2D eigenvalue weighted by Crippen LogP contribution is -2.02. The van der Waals surface area contributed by atoms with Crippen LogP contribution in [0.15, 0.2) is 22.7 Å². The van der Waals surface area contributed by atoms with E-state index in [0.717, 1.165) is 33.3 Å². The van der Waals surface area contributed by atoms with Gasteiger partial charge in [0.2, 0.25) is 0 Å². The summed E-state index contributed by atoms with van der Waals surface area (Å²) in [5, 5.41) is 5.12. The summed E-state index contributed by atoms with van der Waals surface area (Å²) in [6, 6.07) is 5.95. The number of pyridine rings is 1. The second-order valence-electron chi connectivity index (χ2n) is 4.53. The highest BCUT2D eigenvalue weighted by atomic mass is 79.9. The number of rotatable bonds is 3. The van der Waals surface area contributed by atoms with Gasteiger partial charge < -0.3 is 5.32 Å². The van der Waals surface area contributed by atoms with Gasteiger partial charge in [-0.15, -0.1) is 0 Å². The van der Waals surface area contributed by atoms with Gasteiger partial charge in [0.25, 0.3) is 0 Å². The summed E-state index contributed by atoms with van der Waals surface area (Å²) in [6.45, 7) is 7.22. The molecule has 0 amide bonds. The molecule has 0 radical (unpaired) electrons. The zero-order chi connectivity index (χ0) is 13.3. The second-order valence-corrected chi connectivity index (χ2v) is 5.79. The van der Waals surface area contributed by atoms with Crippen LogP contribution in [0, 0.1) is 0 Å². The largest absolute Gasteiger partial charge is 0.385 e. The molecular formula is C14H16BrClN2. The normalized spacial score (nSPS) is 11.2. The number of nitrogens with zero attached hydrogens (tertiary/aromatic N) is 1. The zero-order valence-corrected chi connectivity index (χ0v) is 13.1. The molecule has 0 aliphatic rings. The SMILES string of the molecule is CCNc1cc(C(C)C)nc2c(Cl)ccc(Br)c12. The fraction of sp³-hybridized carbons (Fsp3) is 0.357. The minimum absolute atomic E-state index is 0.377. The predicted molar refractivity (Wildman–Crippen MR) is 82.7 cm³/mol. The lowest BCUT2D eigenvalue weighted by Gasteiger charge is -2.14. The number of halogens is 2. The molecule has 0 fully saturated rings. The zero-order valence-electron chi connectivity index (χ0n) is 10.7. The molecule has 0 aliphatic carbocycles. The van der Waals surface area contributed by atoms with E-state index in [1.54, 1.807) is 0 Å². The number of benzene rings is 1. The van der Waals surface area contributed by atoms with E-state index in [2.05, 4.69) is 53.1 Å². The second kappa shape index (κ2) is 5.45. The maximum Gasteiger partial charge on any atom is 0.0923 e. The van der Waals surface area contributed by atoms with Gasteiger partial charge in [-0.05, 0) is 31.0 Å². The quantitative estimate of drug-likeness (QED) is 0.837.